The Morgan fingerprint density at radius 3 is 2.64 bits per heavy atom. The summed E-state index contributed by atoms with van der Waals surface area (Å²) in [7, 11) is 0. The van der Waals surface area contributed by atoms with Gasteiger partial charge in [0.15, 0.2) is 0 Å². The van der Waals surface area contributed by atoms with Crippen LogP contribution in [0.25, 0.3) is 0 Å². The maximum Gasteiger partial charge on any atom is 0.137 e. The first-order valence-corrected chi connectivity index (χ1v) is 4.59. The van der Waals surface area contributed by atoms with Crippen molar-refractivity contribution in [2.24, 2.45) is 0 Å². The molecule has 0 saturated heterocycles. The molecular weight excluding hydrogens is 178 g/mol. The van der Waals surface area contributed by atoms with Gasteiger partial charge in [-0.3, -0.25) is 5.10 Å². The maximum absolute atomic E-state index is 5.09. The quantitative estimate of drug-likeness (QED) is 0.788. The third-order valence-corrected chi connectivity index (χ3v) is 2.30. The number of hydrogen-bond donors (Lipinski definition) is 1. The second-order valence-electron chi connectivity index (χ2n) is 3.52. The van der Waals surface area contributed by atoms with E-state index < -0.39 is 0 Å². The molecule has 0 saturated carbocycles. The van der Waals surface area contributed by atoms with Gasteiger partial charge in [-0.1, -0.05) is 5.16 Å². The molecule has 0 bridgehead atoms. The van der Waals surface area contributed by atoms with Crippen LogP contribution in [0.1, 0.15) is 28.4 Å². The average molecular weight is 191 g/mol. The van der Waals surface area contributed by atoms with Crippen molar-refractivity contribution in [2.45, 2.75) is 27.2 Å². The minimum absolute atomic E-state index is 0.783. The summed E-state index contributed by atoms with van der Waals surface area (Å²) in [6.07, 6.45) is 0.783. The monoisotopic (exact) mass is 191 g/mol. The van der Waals surface area contributed by atoms with Crippen molar-refractivity contribution in [1.29, 1.82) is 0 Å². The molecule has 0 unspecified atom stereocenters. The highest BCUT2D eigenvalue weighted by atomic mass is 16.5. The Labute approximate surface area is 82.3 Å². The zero-order valence-corrected chi connectivity index (χ0v) is 8.59. The van der Waals surface area contributed by atoms with Gasteiger partial charge in [0.1, 0.15) is 5.76 Å². The van der Waals surface area contributed by atoms with Crippen LogP contribution >= 0.6 is 0 Å². The molecule has 0 atom stereocenters. The first-order valence-electron chi connectivity index (χ1n) is 4.59. The summed E-state index contributed by atoms with van der Waals surface area (Å²) in [5.74, 6) is 0.878. The summed E-state index contributed by atoms with van der Waals surface area (Å²) < 4.78 is 5.09. The van der Waals surface area contributed by atoms with E-state index in [-0.39, 0.29) is 0 Å². The van der Waals surface area contributed by atoms with Gasteiger partial charge in [-0.15, -0.1) is 0 Å². The van der Waals surface area contributed by atoms with Crippen LogP contribution in [0, 0.1) is 20.8 Å². The smallest absolute Gasteiger partial charge is 0.137 e. The first-order chi connectivity index (χ1) is 6.66. The highest BCUT2D eigenvalue weighted by Gasteiger charge is 2.10. The lowest BCUT2D eigenvalue weighted by Crippen LogP contribution is -1.91. The SMILES string of the molecule is Cc1cc(Cc2c(C)noc2C)n[nH]1. The molecule has 0 radical (unpaired) electrons. The number of hydrogen-bond acceptors (Lipinski definition) is 3. The number of rotatable bonds is 2. The highest BCUT2D eigenvalue weighted by molar-refractivity contribution is 5.26. The first kappa shape index (κ1) is 8.99. The van der Waals surface area contributed by atoms with Gasteiger partial charge in [0.25, 0.3) is 0 Å². The van der Waals surface area contributed by atoms with Gasteiger partial charge >= 0.3 is 0 Å². The van der Waals surface area contributed by atoms with Crippen LogP contribution in [0.2, 0.25) is 0 Å². The largest absolute Gasteiger partial charge is 0.361 e. The Morgan fingerprint density at radius 2 is 2.14 bits per heavy atom. The fraction of sp³-hybridized carbons (Fsp3) is 0.400. The van der Waals surface area contributed by atoms with E-state index in [0.717, 1.165) is 34.8 Å². The van der Waals surface area contributed by atoms with Crippen molar-refractivity contribution in [2.75, 3.05) is 0 Å². The molecule has 1 N–H and O–H groups in total. The summed E-state index contributed by atoms with van der Waals surface area (Å²) in [4.78, 5) is 0. The molecule has 4 heteroatoms. The molecule has 4 nitrogen and oxygen atoms in total. The van der Waals surface area contributed by atoms with Crippen molar-refractivity contribution >= 4 is 0 Å². The molecule has 14 heavy (non-hydrogen) atoms. The minimum atomic E-state index is 0.783. The third-order valence-electron chi connectivity index (χ3n) is 2.30. The predicted molar refractivity (Wildman–Crippen MR) is 52.1 cm³/mol. The standard InChI is InChI=1S/C10H13N3O/c1-6-4-9(12-11-6)5-10-7(2)13-14-8(10)3/h4H,5H2,1-3H3,(H,11,12). The lowest BCUT2D eigenvalue weighted by molar-refractivity contribution is 0.392. The fourth-order valence-corrected chi connectivity index (χ4v) is 1.50. The molecular formula is C10H13N3O. The molecule has 0 aromatic carbocycles. The fourth-order valence-electron chi connectivity index (χ4n) is 1.50. The van der Waals surface area contributed by atoms with Crippen LogP contribution in [-0.4, -0.2) is 15.4 Å². The van der Waals surface area contributed by atoms with E-state index in [0.29, 0.717) is 0 Å². The number of nitrogens with one attached hydrogen (secondary N) is 1. The van der Waals surface area contributed by atoms with E-state index in [4.69, 9.17) is 4.52 Å². The summed E-state index contributed by atoms with van der Waals surface area (Å²) in [6, 6.07) is 2.03. The Hall–Kier alpha value is -1.58. The van der Waals surface area contributed by atoms with Crippen molar-refractivity contribution in [3.8, 4) is 0 Å². The number of aromatic nitrogens is 3. The number of H-pyrrole nitrogens is 1. The number of aromatic amines is 1. The van der Waals surface area contributed by atoms with Gasteiger partial charge < -0.3 is 4.52 Å². The Morgan fingerprint density at radius 1 is 1.36 bits per heavy atom. The van der Waals surface area contributed by atoms with Gasteiger partial charge in [0.2, 0.25) is 0 Å². The average Bonchev–Trinajstić information content (AvgIpc) is 2.67. The molecule has 2 aromatic heterocycles. The maximum atomic E-state index is 5.09. The van der Waals surface area contributed by atoms with Crippen LogP contribution in [0.4, 0.5) is 0 Å². The zero-order chi connectivity index (χ0) is 10.1. The third kappa shape index (κ3) is 1.55. The van der Waals surface area contributed by atoms with E-state index in [1.54, 1.807) is 0 Å². The predicted octanol–water partition coefficient (Wildman–Crippen LogP) is 1.91. The molecule has 0 aliphatic carbocycles. The van der Waals surface area contributed by atoms with E-state index in [2.05, 4.69) is 15.4 Å². The normalized spacial score (nSPS) is 10.8. The van der Waals surface area contributed by atoms with Crippen LogP contribution in [0.15, 0.2) is 10.6 Å². The summed E-state index contributed by atoms with van der Waals surface area (Å²) >= 11 is 0. The van der Waals surface area contributed by atoms with E-state index in [1.807, 2.05) is 26.8 Å². The lowest BCUT2D eigenvalue weighted by Gasteiger charge is -1.94. The molecule has 0 aliphatic rings. The second-order valence-corrected chi connectivity index (χ2v) is 3.52. The van der Waals surface area contributed by atoms with Crippen molar-refractivity contribution in [3.05, 3.63) is 34.5 Å². The molecule has 0 aliphatic heterocycles. The summed E-state index contributed by atoms with van der Waals surface area (Å²) in [5.41, 5.74) is 4.18. The topological polar surface area (TPSA) is 54.7 Å². The van der Waals surface area contributed by atoms with E-state index >= 15 is 0 Å². The lowest BCUT2D eigenvalue weighted by atomic mass is 10.1. The molecule has 2 heterocycles. The molecule has 74 valence electrons. The van der Waals surface area contributed by atoms with Crippen LogP contribution < -0.4 is 0 Å². The molecule has 2 aromatic rings. The summed E-state index contributed by atoms with van der Waals surface area (Å²) in [5, 5.41) is 11.0. The van der Waals surface area contributed by atoms with Gasteiger partial charge in [-0.25, -0.2) is 0 Å². The van der Waals surface area contributed by atoms with E-state index in [9.17, 15) is 0 Å². The van der Waals surface area contributed by atoms with Gasteiger partial charge in [0.05, 0.1) is 11.4 Å². The number of nitrogens with zero attached hydrogens (tertiary/aromatic N) is 2. The highest BCUT2D eigenvalue weighted by Crippen LogP contribution is 2.16. The van der Waals surface area contributed by atoms with Crippen molar-refractivity contribution in [1.82, 2.24) is 15.4 Å². The molecule has 0 amide bonds. The van der Waals surface area contributed by atoms with Crippen molar-refractivity contribution < 1.29 is 4.52 Å². The Bertz CT molecular complexity index is 422. The summed E-state index contributed by atoms with van der Waals surface area (Å²) in [6.45, 7) is 5.87. The van der Waals surface area contributed by atoms with Crippen LogP contribution in [0.3, 0.4) is 0 Å². The Balaban J connectivity index is 2.26. The van der Waals surface area contributed by atoms with Gasteiger partial charge in [0, 0.05) is 17.7 Å². The van der Waals surface area contributed by atoms with Crippen LogP contribution in [0.5, 0.6) is 0 Å². The Kier molecular flexibility index (Phi) is 2.11. The molecule has 2 rings (SSSR count). The number of aryl methyl sites for hydroxylation is 3. The van der Waals surface area contributed by atoms with Crippen molar-refractivity contribution in [3.63, 3.8) is 0 Å². The molecule has 0 spiro atoms. The van der Waals surface area contributed by atoms with E-state index in [1.165, 1.54) is 0 Å². The second kappa shape index (κ2) is 3.29. The zero-order valence-electron chi connectivity index (χ0n) is 8.59. The van der Waals surface area contributed by atoms with Crippen LogP contribution in [-0.2, 0) is 6.42 Å². The van der Waals surface area contributed by atoms with Gasteiger partial charge in [-0.05, 0) is 26.8 Å². The van der Waals surface area contributed by atoms with Gasteiger partial charge in [-0.2, -0.15) is 5.10 Å². The minimum Gasteiger partial charge on any atom is -0.361 e. The molecule has 0 fully saturated rings.